The Morgan fingerprint density at radius 3 is 2.59 bits per heavy atom. The van der Waals surface area contributed by atoms with Gasteiger partial charge in [-0.25, -0.2) is 14.8 Å². The van der Waals surface area contributed by atoms with Gasteiger partial charge in [0.25, 0.3) is 0 Å². The van der Waals surface area contributed by atoms with Crippen LogP contribution in [0.4, 0.5) is 16.2 Å². The van der Waals surface area contributed by atoms with Crippen LogP contribution in [0.15, 0.2) is 53.8 Å². The molecule has 1 saturated heterocycles. The van der Waals surface area contributed by atoms with Gasteiger partial charge in [0.15, 0.2) is 11.6 Å². The summed E-state index contributed by atoms with van der Waals surface area (Å²) in [5.74, 6) is 0.871. The number of aromatic nitrogens is 2. The van der Waals surface area contributed by atoms with E-state index >= 15 is 0 Å². The molecule has 2 aromatic carbocycles. The van der Waals surface area contributed by atoms with Crippen molar-refractivity contribution >= 4 is 63.2 Å². The fourth-order valence-corrected chi connectivity index (χ4v) is 5.22. The summed E-state index contributed by atoms with van der Waals surface area (Å²) in [5.41, 5.74) is 4.80. The van der Waals surface area contributed by atoms with Crippen LogP contribution in [0, 0.1) is 13.0 Å². The van der Waals surface area contributed by atoms with Crippen molar-refractivity contribution in [2.75, 3.05) is 36.6 Å². The third kappa shape index (κ3) is 6.04. The number of anilines is 2. The molecule has 10 heteroatoms. The van der Waals surface area contributed by atoms with Gasteiger partial charge in [-0.05, 0) is 68.4 Å². The molecule has 0 radical (unpaired) electrons. The van der Waals surface area contributed by atoms with Crippen molar-refractivity contribution in [3.8, 4) is 5.75 Å². The van der Waals surface area contributed by atoms with Gasteiger partial charge in [-0.15, -0.1) is 0 Å². The predicted octanol–water partition coefficient (Wildman–Crippen LogP) is 4.69. The summed E-state index contributed by atoms with van der Waals surface area (Å²) in [5, 5.41) is 4.22. The molecule has 3 aromatic rings. The molecule has 1 N–H and O–H groups in total. The van der Waals surface area contributed by atoms with Crippen molar-refractivity contribution in [1.82, 2.24) is 9.97 Å². The second kappa shape index (κ2) is 11.2. The highest BCUT2D eigenvalue weighted by Gasteiger charge is 2.17. The molecule has 32 heavy (non-hydrogen) atoms. The van der Waals surface area contributed by atoms with Gasteiger partial charge in [0, 0.05) is 13.1 Å². The smallest absolute Gasteiger partial charge is 0.245 e. The zero-order valence-electron chi connectivity index (χ0n) is 17.0. The third-order valence-electron chi connectivity index (χ3n) is 4.66. The molecule has 2 heterocycles. The van der Waals surface area contributed by atoms with Crippen LogP contribution in [-0.4, -0.2) is 42.5 Å². The number of hydrazone groups is 1. The molecule has 1 aliphatic rings. The maximum Gasteiger partial charge on any atom is 0.245 e. The predicted molar refractivity (Wildman–Crippen MR) is 139 cm³/mol. The van der Waals surface area contributed by atoms with Crippen molar-refractivity contribution in [2.45, 2.75) is 6.61 Å². The molecule has 0 unspecified atom stereocenters. The first-order valence-electron chi connectivity index (χ1n) is 9.90. The summed E-state index contributed by atoms with van der Waals surface area (Å²) < 4.78 is 27.5. The van der Waals surface area contributed by atoms with E-state index in [0.717, 1.165) is 30.2 Å². The van der Waals surface area contributed by atoms with Crippen molar-refractivity contribution in [3.63, 3.8) is 0 Å². The summed E-state index contributed by atoms with van der Waals surface area (Å²) in [6.45, 7) is 2.78. The quantitative estimate of drug-likeness (QED) is 0.226. The molecular formula is C22H20FI2N5O2. The van der Waals surface area contributed by atoms with E-state index < -0.39 is 5.82 Å². The van der Waals surface area contributed by atoms with Gasteiger partial charge in [-0.1, -0.05) is 30.3 Å². The maximum atomic E-state index is 14.2. The number of nitrogens with zero attached hydrogens (tertiary/aromatic N) is 4. The number of halogens is 3. The number of nitrogens with one attached hydrogen (secondary N) is 1. The summed E-state index contributed by atoms with van der Waals surface area (Å²) >= 11 is 4.51. The van der Waals surface area contributed by atoms with Gasteiger partial charge in [-0.2, -0.15) is 10.1 Å². The second-order valence-corrected chi connectivity index (χ2v) is 9.25. The lowest BCUT2D eigenvalue weighted by molar-refractivity contribution is 0.122. The molecule has 1 aromatic heterocycles. The van der Waals surface area contributed by atoms with E-state index in [0.29, 0.717) is 32.9 Å². The van der Waals surface area contributed by atoms with E-state index in [9.17, 15) is 4.39 Å². The fraction of sp³-hybridized carbons (Fsp3) is 0.227. The third-order valence-corrected chi connectivity index (χ3v) is 6.26. The highest BCUT2D eigenvalue weighted by molar-refractivity contribution is 14.1. The highest BCUT2D eigenvalue weighted by atomic mass is 127. The van der Waals surface area contributed by atoms with Crippen LogP contribution in [0.5, 0.6) is 5.75 Å². The number of morpholine rings is 1. The van der Waals surface area contributed by atoms with Crippen molar-refractivity contribution < 1.29 is 13.9 Å². The molecule has 1 aliphatic heterocycles. The van der Waals surface area contributed by atoms with E-state index in [1.54, 1.807) is 6.21 Å². The Bertz CT molecular complexity index is 1070. The summed E-state index contributed by atoms with van der Waals surface area (Å²) in [7, 11) is 0. The summed E-state index contributed by atoms with van der Waals surface area (Å²) in [4.78, 5) is 10.1. The van der Waals surface area contributed by atoms with Crippen molar-refractivity contribution in [3.05, 3.63) is 72.7 Å². The van der Waals surface area contributed by atoms with Crippen LogP contribution in [0.25, 0.3) is 0 Å². The first kappa shape index (κ1) is 23.1. The number of ether oxygens (including phenoxy) is 2. The lowest BCUT2D eigenvalue weighted by atomic mass is 10.2. The Hall–Kier alpha value is -2.06. The lowest BCUT2D eigenvalue weighted by Gasteiger charge is -2.27. The average molecular weight is 659 g/mol. The highest BCUT2D eigenvalue weighted by Crippen LogP contribution is 2.29. The second-order valence-electron chi connectivity index (χ2n) is 6.92. The van der Waals surface area contributed by atoms with Gasteiger partial charge < -0.3 is 14.4 Å². The van der Waals surface area contributed by atoms with Gasteiger partial charge in [0.1, 0.15) is 12.4 Å². The molecule has 0 spiro atoms. The minimum absolute atomic E-state index is 0.233. The molecule has 0 amide bonds. The number of benzene rings is 2. The maximum absolute atomic E-state index is 14.2. The first-order chi connectivity index (χ1) is 15.6. The van der Waals surface area contributed by atoms with Gasteiger partial charge >= 0.3 is 0 Å². The minimum atomic E-state index is -0.461. The molecule has 166 valence electrons. The molecule has 0 atom stereocenters. The van der Waals surface area contributed by atoms with Crippen LogP contribution >= 0.6 is 45.2 Å². The summed E-state index contributed by atoms with van der Waals surface area (Å²) in [6, 6.07) is 14.0. The van der Waals surface area contributed by atoms with E-state index in [1.807, 2.05) is 47.4 Å². The molecule has 0 bridgehead atoms. The SMILES string of the molecule is Fc1cnc(NN=Cc2cc(I)c(OCc3ccccc3)c(I)c2)nc1N1CCOCC1. The zero-order chi connectivity index (χ0) is 22.3. The normalized spacial score (nSPS) is 14.0. The van der Waals surface area contributed by atoms with Gasteiger partial charge in [-0.3, -0.25) is 0 Å². The van der Waals surface area contributed by atoms with Crippen molar-refractivity contribution in [2.24, 2.45) is 5.10 Å². The number of hydrogen-bond donors (Lipinski definition) is 1. The van der Waals surface area contributed by atoms with Gasteiger partial charge in [0.2, 0.25) is 5.95 Å². The zero-order valence-corrected chi connectivity index (χ0v) is 21.3. The number of rotatable bonds is 7. The van der Waals surface area contributed by atoms with Crippen molar-refractivity contribution in [1.29, 1.82) is 0 Å². The van der Waals surface area contributed by atoms with Crippen LogP contribution in [0.2, 0.25) is 0 Å². The monoisotopic (exact) mass is 659 g/mol. The van der Waals surface area contributed by atoms with Crippen LogP contribution in [-0.2, 0) is 11.3 Å². The average Bonchev–Trinajstić information content (AvgIpc) is 2.81. The Morgan fingerprint density at radius 2 is 1.88 bits per heavy atom. The molecular weight excluding hydrogens is 639 g/mol. The van der Waals surface area contributed by atoms with E-state index in [2.05, 4.69) is 65.7 Å². The van der Waals surface area contributed by atoms with E-state index in [1.165, 1.54) is 0 Å². The lowest BCUT2D eigenvalue weighted by Crippen LogP contribution is -2.37. The van der Waals surface area contributed by atoms with Crippen LogP contribution in [0.1, 0.15) is 11.1 Å². The Morgan fingerprint density at radius 1 is 1.16 bits per heavy atom. The fourth-order valence-electron chi connectivity index (χ4n) is 3.10. The van der Waals surface area contributed by atoms with E-state index in [-0.39, 0.29) is 11.8 Å². The Kier molecular flexibility index (Phi) is 8.08. The van der Waals surface area contributed by atoms with Crippen LogP contribution in [0.3, 0.4) is 0 Å². The largest absolute Gasteiger partial charge is 0.487 e. The number of hydrogen-bond acceptors (Lipinski definition) is 7. The minimum Gasteiger partial charge on any atom is -0.487 e. The summed E-state index contributed by atoms with van der Waals surface area (Å²) in [6.07, 6.45) is 2.83. The van der Waals surface area contributed by atoms with Crippen LogP contribution < -0.4 is 15.1 Å². The topological polar surface area (TPSA) is 71.9 Å². The Labute approximate surface area is 212 Å². The standard InChI is InChI=1S/C22H20FI2N5O2/c23-17-13-26-22(28-21(17)30-6-8-31-9-7-30)29-27-12-16-10-18(24)20(19(25)11-16)32-14-15-4-2-1-3-5-15/h1-5,10-13H,6-9,14H2,(H,26,28,29). The van der Waals surface area contributed by atoms with Gasteiger partial charge in [0.05, 0.1) is 32.8 Å². The molecule has 1 fully saturated rings. The molecule has 0 saturated carbocycles. The first-order valence-corrected chi connectivity index (χ1v) is 12.1. The Balaban J connectivity index is 1.41. The molecule has 4 rings (SSSR count). The van der Waals surface area contributed by atoms with E-state index in [4.69, 9.17) is 9.47 Å². The molecule has 0 aliphatic carbocycles. The molecule has 7 nitrogen and oxygen atoms in total.